The number of nitrogens with one attached hydrogen (secondary N) is 2. The highest BCUT2D eigenvalue weighted by molar-refractivity contribution is 7.13. The van der Waals surface area contributed by atoms with Crippen molar-refractivity contribution in [3.8, 4) is 0 Å². The van der Waals surface area contributed by atoms with Gasteiger partial charge in [0.2, 0.25) is 0 Å². The second kappa shape index (κ2) is 9.08. The lowest BCUT2D eigenvalue weighted by Gasteiger charge is -2.27. The highest BCUT2D eigenvalue weighted by atomic mass is 32.1. The van der Waals surface area contributed by atoms with Crippen LogP contribution in [0.5, 0.6) is 0 Å². The number of nitrogens with zero attached hydrogens (tertiary/aromatic N) is 2. The molecule has 1 amide bonds. The molecule has 0 aliphatic carbocycles. The van der Waals surface area contributed by atoms with Crippen LogP contribution in [-0.2, 0) is 6.42 Å². The van der Waals surface area contributed by atoms with Crippen LogP contribution >= 0.6 is 11.3 Å². The van der Waals surface area contributed by atoms with Crippen LogP contribution in [0.4, 0.5) is 0 Å². The summed E-state index contributed by atoms with van der Waals surface area (Å²) in [5.41, 5.74) is 2.05. The predicted octanol–water partition coefficient (Wildman–Crippen LogP) is 2.07. The van der Waals surface area contributed by atoms with Crippen molar-refractivity contribution in [3.63, 3.8) is 0 Å². The number of carbonyl (C=O) groups excluding carboxylic acids is 1. The third-order valence-electron chi connectivity index (χ3n) is 4.39. The summed E-state index contributed by atoms with van der Waals surface area (Å²) in [4.78, 5) is 20.2. The highest BCUT2D eigenvalue weighted by Gasteiger charge is 2.15. The summed E-state index contributed by atoms with van der Waals surface area (Å²) < 4.78 is 0. The van der Waals surface area contributed by atoms with Gasteiger partial charge in [-0.2, -0.15) is 0 Å². The lowest BCUT2D eigenvalue weighted by Crippen LogP contribution is -2.44. The van der Waals surface area contributed by atoms with E-state index in [1.54, 1.807) is 0 Å². The number of thiazole rings is 1. The molecule has 5 nitrogen and oxygen atoms in total. The van der Waals surface area contributed by atoms with Gasteiger partial charge < -0.3 is 15.5 Å². The van der Waals surface area contributed by atoms with E-state index in [0.717, 1.165) is 61.1 Å². The summed E-state index contributed by atoms with van der Waals surface area (Å²) >= 11 is 1.51. The van der Waals surface area contributed by atoms with Crippen LogP contribution in [0.15, 0.2) is 30.3 Å². The number of carbonyl (C=O) groups is 1. The van der Waals surface area contributed by atoms with Crippen molar-refractivity contribution < 1.29 is 4.79 Å². The van der Waals surface area contributed by atoms with E-state index in [1.165, 1.54) is 16.9 Å². The summed E-state index contributed by atoms with van der Waals surface area (Å²) in [6.07, 6.45) is 1.77. The van der Waals surface area contributed by atoms with Gasteiger partial charge in [0.15, 0.2) is 0 Å². The molecule has 1 aliphatic rings. The van der Waals surface area contributed by atoms with Crippen molar-refractivity contribution in [1.82, 2.24) is 20.5 Å². The number of piperazine rings is 1. The van der Waals surface area contributed by atoms with E-state index in [9.17, 15) is 4.79 Å². The molecule has 2 N–H and O–H groups in total. The third-order valence-corrected chi connectivity index (χ3v) is 5.55. The first-order valence-corrected chi connectivity index (χ1v) is 9.75. The predicted molar refractivity (Wildman–Crippen MR) is 102 cm³/mol. The fraction of sp³-hybridized carbons (Fsp3) is 0.474. The minimum atomic E-state index is 0.00891. The molecule has 3 rings (SSSR count). The van der Waals surface area contributed by atoms with Gasteiger partial charge in [-0.1, -0.05) is 30.3 Å². The zero-order chi connectivity index (χ0) is 17.5. The maximum absolute atomic E-state index is 12.4. The molecule has 1 aromatic heterocycles. The Hall–Kier alpha value is -1.76. The zero-order valence-corrected chi connectivity index (χ0v) is 15.6. The molecule has 1 aromatic carbocycles. The van der Waals surface area contributed by atoms with Gasteiger partial charge in [-0.15, -0.1) is 11.3 Å². The zero-order valence-electron chi connectivity index (χ0n) is 14.8. The standard InChI is InChI=1S/C19H26N4OS/c1-15-18(25-17(22-15)14-16-6-3-2-4-7-16)19(24)21-8-5-11-23-12-9-20-10-13-23/h2-4,6-7,20H,5,8-14H2,1H3,(H,21,24). The van der Waals surface area contributed by atoms with E-state index in [4.69, 9.17) is 0 Å². The van der Waals surface area contributed by atoms with Crippen LogP contribution in [0.1, 0.15) is 32.4 Å². The molecule has 6 heteroatoms. The molecule has 1 fully saturated rings. The molecule has 25 heavy (non-hydrogen) atoms. The van der Waals surface area contributed by atoms with Gasteiger partial charge in [0.25, 0.3) is 5.91 Å². The van der Waals surface area contributed by atoms with E-state index < -0.39 is 0 Å². The third kappa shape index (κ3) is 5.36. The van der Waals surface area contributed by atoms with Crippen LogP contribution in [0, 0.1) is 6.92 Å². The average Bonchev–Trinajstić information content (AvgIpc) is 3.00. The lowest BCUT2D eigenvalue weighted by molar-refractivity contribution is 0.0954. The van der Waals surface area contributed by atoms with E-state index in [2.05, 4.69) is 32.7 Å². The maximum atomic E-state index is 12.4. The van der Waals surface area contributed by atoms with Crippen LogP contribution in [-0.4, -0.2) is 55.1 Å². The largest absolute Gasteiger partial charge is 0.351 e. The van der Waals surface area contributed by atoms with Crippen molar-refractivity contribution in [1.29, 1.82) is 0 Å². The topological polar surface area (TPSA) is 57.3 Å². The van der Waals surface area contributed by atoms with Gasteiger partial charge in [-0.05, 0) is 25.5 Å². The number of rotatable bonds is 7. The Morgan fingerprint density at radius 3 is 2.80 bits per heavy atom. The number of aryl methyl sites for hydroxylation is 1. The molecular weight excluding hydrogens is 332 g/mol. The minimum absolute atomic E-state index is 0.00891. The molecule has 0 unspecified atom stereocenters. The molecular formula is C19H26N4OS. The first-order chi connectivity index (χ1) is 12.2. The molecule has 0 spiro atoms. The number of hydrogen-bond donors (Lipinski definition) is 2. The van der Waals surface area contributed by atoms with Gasteiger partial charge in [-0.25, -0.2) is 4.98 Å². The lowest BCUT2D eigenvalue weighted by atomic mass is 10.2. The summed E-state index contributed by atoms with van der Waals surface area (Å²) in [5, 5.41) is 7.39. The molecule has 0 bridgehead atoms. The average molecular weight is 359 g/mol. The quantitative estimate of drug-likeness (QED) is 0.744. The Balaban J connectivity index is 1.46. The van der Waals surface area contributed by atoms with Crippen LogP contribution < -0.4 is 10.6 Å². The van der Waals surface area contributed by atoms with Crippen LogP contribution in [0.2, 0.25) is 0 Å². The van der Waals surface area contributed by atoms with Crippen LogP contribution in [0.25, 0.3) is 0 Å². The van der Waals surface area contributed by atoms with Crippen molar-refractivity contribution in [2.24, 2.45) is 0 Å². The Morgan fingerprint density at radius 2 is 2.04 bits per heavy atom. The molecule has 1 saturated heterocycles. The number of benzene rings is 1. The molecule has 0 atom stereocenters. The summed E-state index contributed by atoms with van der Waals surface area (Å²) in [5.74, 6) is 0.00891. The SMILES string of the molecule is Cc1nc(Cc2ccccc2)sc1C(=O)NCCCN1CCNCC1. The monoisotopic (exact) mass is 358 g/mol. The fourth-order valence-corrected chi connectivity index (χ4v) is 4.04. The van der Waals surface area contributed by atoms with Crippen molar-refractivity contribution in [2.45, 2.75) is 19.8 Å². The molecule has 1 aliphatic heterocycles. The Kier molecular flexibility index (Phi) is 6.55. The molecule has 2 heterocycles. The van der Waals surface area contributed by atoms with Crippen molar-refractivity contribution in [2.75, 3.05) is 39.3 Å². The summed E-state index contributed by atoms with van der Waals surface area (Å²) in [7, 11) is 0. The summed E-state index contributed by atoms with van der Waals surface area (Å²) in [6.45, 7) is 8.01. The second-order valence-electron chi connectivity index (χ2n) is 6.39. The Morgan fingerprint density at radius 1 is 1.28 bits per heavy atom. The van der Waals surface area contributed by atoms with E-state index in [0.29, 0.717) is 6.54 Å². The maximum Gasteiger partial charge on any atom is 0.263 e. The van der Waals surface area contributed by atoms with Gasteiger partial charge in [0.05, 0.1) is 10.7 Å². The van der Waals surface area contributed by atoms with Crippen molar-refractivity contribution in [3.05, 3.63) is 51.5 Å². The minimum Gasteiger partial charge on any atom is -0.351 e. The first-order valence-electron chi connectivity index (χ1n) is 8.94. The smallest absolute Gasteiger partial charge is 0.263 e. The van der Waals surface area contributed by atoms with E-state index >= 15 is 0 Å². The van der Waals surface area contributed by atoms with Crippen molar-refractivity contribution >= 4 is 17.2 Å². The van der Waals surface area contributed by atoms with E-state index in [1.807, 2.05) is 25.1 Å². The normalized spacial score (nSPS) is 15.2. The molecule has 0 saturated carbocycles. The van der Waals surface area contributed by atoms with Gasteiger partial charge >= 0.3 is 0 Å². The van der Waals surface area contributed by atoms with E-state index in [-0.39, 0.29) is 5.91 Å². The number of amides is 1. The molecule has 2 aromatic rings. The van der Waals surface area contributed by atoms with Crippen LogP contribution in [0.3, 0.4) is 0 Å². The highest BCUT2D eigenvalue weighted by Crippen LogP contribution is 2.20. The van der Waals surface area contributed by atoms with Gasteiger partial charge in [-0.3, -0.25) is 4.79 Å². The van der Waals surface area contributed by atoms with Gasteiger partial charge in [0, 0.05) is 39.1 Å². The Bertz CT molecular complexity index is 680. The number of hydrogen-bond acceptors (Lipinski definition) is 5. The molecule has 0 radical (unpaired) electrons. The summed E-state index contributed by atoms with van der Waals surface area (Å²) in [6, 6.07) is 10.2. The first kappa shape index (κ1) is 18.0. The number of aromatic nitrogens is 1. The second-order valence-corrected chi connectivity index (χ2v) is 7.47. The Labute approximate surface area is 153 Å². The fourth-order valence-electron chi connectivity index (χ4n) is 3.03. The molecule has 134 valence electrons. The van der Waals surface area contributed by atoms with Gasteiger partial charge in [0.1, 0.15) is 4.88 Å².